The molecule has 1 aliphatic heterocycles. The van der Waals surface area contributed by atoms with Crippen LogP contribution in [0.4, 0.5) is 4.39 Å². The molecule has 0 N–H and O–H groups in total. The van der Waals surface area contributed by atoms with E-state index in [-0.39, 0.29) is 5.56 Å². The first-order valence-electron chi connectivity index (χ1n) is 9.58. The fourth-order valence-electron chi connectivity index (χ4n) is 3.42. The smallest absolute Gasteiger partial charge is 0.338 e. The van der Waals surface area contributed by atoms with E-state index in [0.29, 0.717) is 26.2 Å². The maximum Gasteiger partial charge on any atom is 0.338 e. The van der Waals surface area contributed by atoms with Crippen LogP contribution in [0.5, 0.6) is 0 Å². The predicted octanol–water partition coefficient (Wildman–Crippen LogP) is 3.21. The summed E-state index contributed by atoms with van der Waals surface area (Å²) in [6, 6.07) is 15.1. The highest BCUT2D eigenvalue weighted by molar-refractivity contribution is 7.07. The molecular weight excluding hydrogens is 415 g/mol. The third-order valence-corrected chi connectivity index (χ3v) is 5.91. The van der Waals surface area contributed by atoms with Crippen LogP contribution in [0, 0.1) is 5.82 Å². The second-order valence-corrected chi connectivity index (χ2v) is 7.92. The van der Waals surface area contributed by atoms with E-state index < -0.39 is 17.8 Å². The van der Waals surface area contributed by atoms with Crippen LogP contribution in [0.15, 0.2) is 81.7 Å². The van der Waals surface area contributed by atoms with Crippen LogP contribution in [0.1, 0.15) is 24.1 Å². The molecule has 4 rings (SSSR count). The van der Waals surface area contributed by atoms with Crippen LogP contribution in [0.25, 0.3) is 12.2 Å². The number of fused-ring (bicyclic) bond motifs is 1. The monoisotopic (exact) mass is 434 g/mol. The lowest BCUT2D eigenvalue weighted by atomic mass is 10.0. The van der Waals surface area contributed by atoms with Crippen molar-refractivity contribution in [3.05, 3.63) is 109 Å². The molecule has 1 aromatic heterocycles. The van der Waals surface area contributed by atoms with Crippen LogP contribution >= 0.6 is 11.3 Å². The molecule has 1 unspecified atom stereocenters. The van der Waals surface area contributed by atoms with E-state index in [1.807, 2.05) is 36.4 Å². The number of ether oxygens (including phenoxy) is 1. The topological polar surface area (TPSA) is 60.7 Å². The van der Waals surface area contributed by atoms with Gasteiger partial charge in [-0.15, -0.1) is 0 Å². The maximum absolute atomic E-state index is 14.1. The van der Waals surface area contributed by atoms with E-state index >= 15 is 0 Å². The molecule has 0 bridgehead atoms. The van der Waals surface area contributed by atoms with Gasteiger partial charge in [0.25, 0.3) is 5.56 Å². The normalized spacial score (nSPS) is 16.4. The Morgan fingerprint density at radius 3 is 2.58 bits per heavy atom. The van der Waals surface area contributed by atoms with Crippen molar-refractivity contribution < 1.29 is 13.9 Å². The molecule has 0 aliphatic carbocycles. The third kappa shape index (κ3) is 4.04. The summed E-state index contributed by atoms with van der Waals surface area (Å²) in [7, 11) is 1.30. The number of thiazole rings is 1. The summed E-state index contributed by atoms with van der Waals surface area (Å²) in [5, 5.41) is 0. The van der Waals surface area contributed by atoms with Crippen molar-refractivity contribution in [3.8, 4) is 0 Å². The molecule has 7 heteroatoms. The fraction of sp³-hybridized carbons (Fsp3) is 0.125. The summed E-state index contributed by atoms with van der Waals surface area (Å²) in [6.45, 7) is 1.71. The second-order valence-electron chi connectivity index (χ2n) is 6.91. The van der Waals surface area contributed by atoms with Crippen LogP contribution < -0.4 is 14.9 Å². The molecule has 31 heavy (non-hydrogen) atoms. The summed E-state index contributed by atoms with van der Waals surface area (Å²) < 4.78 is 20.9. The number of rotatable bonds is 4. The Morgan fingerprint density at radius 1 is 1.16 bits per heavy atom. The second kappa shape index (κ2) is 8.65. The number of nitrogens with zero attached hydrogens (tertiary/aromatic N) is 2. The third-order valence-electron chi connectivity index (χ3n) is 4.93. The molecule has 1 aliphatic rings. The van der Waals surface area contributed by atoms with Crippen molar-refractivity contribution in [2.24, 2.45) is 4.99 Å². The van der Waals surface area contributed by atoms with Gasteiger partial charge in [0.2, 0.25) is 0 Å². The van der Waals surface area contributed by atoms with Gasteiger partial charge in [-0.2, -0.15) is 0 Å². The van der Waals surface area contributed by atoms with E-state index in [4.69, 9.17) is 4.74 Å². The number of halogens is 1. The molecule has 0 radical (unpaired) electrons. The predicted molar refractivity (Wildman–Crippen MR) is 119 cm³/mol. The highest BCUT2D eigenvalue weighted by Gasteiger charge is 2.30. The highest BCUT2D eigenvalue weighted by Crippen LogP contribution is 2.26. The van der Waals surface area contributed by atoms with Crippen molar-refractivity contribution in [1.82, 2.24) is 4.57 Å². The number of allylic oxidation sites excluding steroid dienone is 2. The molecule has 3 aromatic rings. The van der Waals surface area contributed by atoms with Crippen LogP contribution in [-0.2, 0) is 9.53 Å². The molecule has 156 valence electrons. The van der Waals surface area contributed by atoms with Gasteiger partial charge in [-0.1, -0.05) is 72.0 Å². The van der Waals surface area contributed by atoms with Gasteiger partial charge in [-0.05, 0) is 24.6 Å². The van der Waals surface area contributed by atoms with E-state index in [2.05, 4.69) is 4.99 Å². The first-order chi connectivity index (χ1) is 15.0. The number of hydrogen-bond acceptors (Lipinski definition) is 5. The van der Waals surface area contributed by atoms with Gasteiger partial charge in [0.1, 0.15) is 5.82 Å². The quantitative estimate of drug-likeness (QED) is 0.593. The Morgan fingerprint density at radius 2 is 1.87 bits per heavy atom. The Bertz CT molecular complexity index is 1380. The van der Waals surface area contributed by atoms with E-state index in [1.54, 1.807) is 31.2 Å². The van der Waals surface area contributed by atoms with E-state index in [9.17, 15) is 14.0 Å². The van der Waals surface area contributed by atoms with Crippen LogP contribution in [0.3, 0.4) is 0 Å². The van der Waals surface area contributed by atoms with Crippen molar-refractivity contribution in [1.29, 1.82) is 0 Å². The maximum atomic E-state index is 14.1. The van der Waals surface area contributed by atoms with Crippen molar-refractivity contribution in [2.75, 3.05) is 7.11 Å². The first kappa shape index (κ1) is 20.7. The van der Waals surface area contributed by atoms with Crippen molar-refractivity contribution in [2.45, 2.75) is 13.0 Å². The molecule has 1 atom stereocenters. The van der Waals surface area contributed by atoms with Gasteiger partial charge in [-0.25, -0.2) is 14.2 Å². The lowest BCUT2D eigenvalue weighted by molar-refractivity contribution is -0.136. The number of carbonyl (C=O) groups is 1. The molecule has 0 saturated carbocycles. The largest absolute Gasteiger partial charge is 0.466 e. The summed E-state index contributed by atoms with van der Waals surface area (Å²) in [5.41, 5.74) is 1.67. The minimum absolute atomic E-state index is 0.291. The Balaban J connectivity index is 1.90. The summed E-state index contributed by atoms with van der Waals surface area (Å²) in [4.78, 5) is 30.7. The average Bonchev–Trinajstić information content (AvgIpc) is 3.08. The van der Waals surface area contributed by atoms with Crippen LogP contribution in [0.2, 0.25) is 0 Å². The summed E-state index contributed by atoms with van der Waals surface area (Å²) in [5.74, 6) is -0.965. The van der Waals surface area contributed by atoms with Crippen LogP contribution in [-0.4, -0.2) is 17.6 Å². The summed E-state index contributed by atoms with van der Waals surface area (Å²) in [6.07, 6.45) is 5.14. The molecule has 5 nitrogen and oxygen atoms in total. The number of benzene rings is 2. The molecule has 0 saturated heterocycles. The zero-order chi connectivity index (χ0) is 22.0. The number of hydrogen-bond donors (Lipinski definition) is 0. The molecule has 0 fully saturated rings. The minimum atomic E-state index is -0.688. The van der Waals surface area contributed by atoms with E-state index in [0.717, 1.165) is 16.9 Å². The zero-order valence-corrected chi connectivity index (χ0v) is 17.7. The summed E-state index contributed by atoms with van der Waals surface area (Å²) >= 11 is 1.16. The SMILES string of the molecule is COC(=O)C1=C(C)N=c2sc(=Cc3ccccc3F)c(=O)n2C1C=Cc1ccccc1. The van der Waals surface area contributed by atoms with Gasteiger partial charge < -0.3 is 4.74 Å². The number of esters is 1. The lowest BCUT2D eigenvalue weighted by Gasteiger charge is -2.21. The number of methoxy groups -OCH3 is 1. The Labute approximate surface area is 181 Å². The molecule has 2 heterocycles. The van der Waals surface area contributed by atoms with Crippen molar-refractivity contribution in [3.63, 3.8) is 0 Å². The lowest BCUT2D eigenvalue weighted by Crippen LogP contribution is -2.38. The molecular formula is C24H19FN2O3S. The number of aromatic nitrogens is 1. The van der Waals surface area contributed by atoms with Gasteiger partial charge in [0.15, 0.2) is 4.80 Å². The van der Waals surface area contributed by atoms with E-state index in [1.165, 1.54) is 23.8 Å². The fourth-order valence-corrected chi connectivity index (χ4v) is 4.46. The molecule has 0 amide bonds. The standard InChI is InChI=1S/C24H19FN2O3S/c1-15-21(23(29)30-2)19(13-12-16-8-4-3-5-9-16)27-22(28)20(31-24(27)26-15)14-17-10-6-7-11-18(17)25/h3-14,19H,1-2H3. The average molecular weight is 434 g/mol. The Hall–Kier alpha value is -3.58. The molecule has 2 aromatic carbocycles. The van der Waals surface area contributed by atoms with Gasteiger partial charge in [0.05, 0.1) is 29.0 Å². The molecule has 0 spiro atoms. The number of carbonyl (C=O) groups excluding carboxylic acids is 1. The van der Waals surface area contributed by atoms with Gasteiger partial charge in [0, 0.05) is 5.56 Å². The minimum Gasteiger partial charge on any atom is -0.466 e. The van der Waals surface area contributed by atoms with Gasteiger partial charge >= 0.3 is 5.97 Å². The highest BCUT2D eigenvalue weighted by atomic mass is 32.1. The zero-order valence-electron chi connectivity index (χ0n) is 16.9. The van der Waals surface area contributed by atoms with Gasteiger partial charge in [-0.3, -0.25) is 9.36 Å². The first-order valence-corrected chi connectivity index (χ1v) is 10.4. The van der Waals surface area contributed by atoms with Crippen molar-refractivity contribution >= 4 is 29.5 Å². The Kier molecular flexibility index (Phi) is 5.77.